The van der Waals surface area contributed by atoms with Crippen LogP contribution in [0, 0.1) is 5.41 Å². The Kier molecular flexibility index (Phi) is 4.27. The molecule has 2 aliphatic rings. The van der Waals surface area contributed by atoms with Gasteiger partial charge in [0.1, 0.15) is 0 Å². The Bertz CT molecular complexity index is 450. The molecule has 1 aromatic rings. The van der Waals surface area contributed by atoms with Crippen molar-refractivity contribution in [3.05, 3.63) is 35.9 Å². The lowest BCUT2D eigenvalue weighted by Gasteiger charge is -2.46. The van der Waals surface area contributed by atoms with Gasteiger partial charge in [-0.2, -0.15) is 8.78 Å². The summed E-state index contributed by atoms with van der Waals surface area (Å²) in [7, 11) is 0. The van der Waals surface area contributed by atoms with Crippen LogP contribution < -0.4 is 5.32 Å². The number of benzene rings is 1. The molecular formula is C17H24F2N2. The van der Waals surface area contributed by atoms with Gasteiger partial charge in [-0.15, -0.1) is 0 Å². The number of halogens is 2. The van der Waals surface area contributed by atoms with Crippen molar-refractivity contribution in [2.75, 3.05) is 32.7 Å². The van der Waals surface area contributed by atoms with Crippen LogP contribution in [0.5, 0.6) is 0 Å². The molecule has 0 bridgehead atoms. The van der Waals surface area contributed by atoms with E-state index in [4.69, 9.17) is 0 Å². The molecule has 1 unspecified atom stereocenters. The van der Waals surface area contributed by atoms with Crippen LogP contribution >= 0.6 is 0 Å². The van der Waals surface area contributed by atoms with Crippen LogP contribution in [0.15, 0.2) is 30.3 Å². The maximum atomic E-state index is 14.4. The van der Waals surface area contributed by atoms with E-state index in [2.05, 4.69) is 5.32 Å². The quantitative estimate of drug-likeness (QED) is 0.920. The first kappa shape index (κ1) is 14.9. The Morgan fingerprint density at radius 2 is 1.90 bits per heavy atom. The molecule has 2 fully saturated rings. The molecule has 2 saturated heterocycles. The smallest absolute Gasteiger partial charge is 0.285 e. The summed E-state index contributed by atoms with van der Waals surface area (Å²) in [5, 5.41) is 3.45. The predicted octanol–water partition coefficient (Wildman–Crippen LogP) is 3.24. The van der Waals surface area contributed by atoms with Crippen LogP contribution in [-0.4, -0.2) is 37.6 Å². The number of likely N-dealkylation sites (tertiary alicyclic amines) is 1. The fourth-order valence-electron chi connectivity index (χ4n) is 3.88. The van der Waals surface area contributed by atoms with E-state index in [-0.39, 0.29) is 17.5 Å². The maximum absolute atomic E-state index is 14.4. The van der Waals surface area contributed by atoms with Gasteiger partial charge in [-0.25, -0.2) is 0 Å². The van der Waals surface area contributed by atoms with Gasteiger partial charge in [0.25, 0.3) is 5.92 Å². The Balaban J connectivity index is 1.67. The van der Waals surface area contributed by atoms with E-state index in [9.17, 15) is 8.78 Å². The minimum atomic E-state index is -2.76. The number of alkyl halides is 2. The summed E-state index contributed by atoms with van der Waals surface area (Å²) >= 11 is 0. The zero-order chi connectivity index (χ0) is 14.8. The average Bonchev–Trinajstić information content (AvgIpc) is 2.48. The second kappa shape index (κ2) is 6.01. The molecule has 21 heavy (non-hydrogen) atoms. The minimum Gasteiger partial charge on any atom is -0.316 e. The summed E-state index contributed by atoms with van der Waals surface area (Å²) in [4.78, 5) is 1.98. The third kappa shape index (κ3) is 3.43. The van der Waals surface area contributed by atoms with E-state index in [1.807, 2.05) is 4.90 Å². The fraction of sp³-hybridized carbons (Fsp3) is 0.647. The lowest BCUT2D eigenvalue weighted by Crippen LogP contribution is -2.52. The molecule has 0 saturated carbocycles. The highest BCUT2D eigenvalue weighted by Gasteiger charge is 2.40. The van der Waals surface area contributed by atoms with E-state index < -0.39 is 5.92 Å². The number of piperidine rings is 2. The lowest BCUT2D eigenvalue weighted by atomic mass is 9.74. The van der Waals surface area contributed by atoms with Gasteiger partial charge in [0, 0.05) is 18.7 Å². The van der Waals surface area contributed by atoms with Crippen LogP contribution in [-0.2, 0) is 5.92 Å². The Hall–Kier alpha value is -1.00. The van der Waals surface area contributed by atoms with Gasteiger partial charge in [0.05, 0.1) is 6.54 Å². The molecule has 4 heteroatoms. The van der Waals surface area contributed by atoms with Gasteiger partial charge < -0.3 is 5.32 Å². The first-order chi connectivity index (χ1) is 10.1. The van der Waals surface area contributed by atoms with Crippen molar-refractivity contribution < 1.29 is 8.78 Å². The third-order valence-electron chi connectivity index (χ3n) is 4.92. The fourth-order valence-corrected chi connectivity index (χ4v) is 3.88. The first-order valence-electron chi connectivity index (χ1n) is 7.96. The summed E-state index contributed by atoms with van der Waals surface area (Å²) in [5.41, 5.74) is 0.356. The monoisotopic (exact) mass is 294 g/mol. The van der Waals surface area contributed by atoms with E-state index in [0.29, 0.717) is 0 Å². The second-order valence-corrected chi connectivity index (χ2v) is 6.67. The second-order valence-electron chi connectivity index (χ2n) is 6.67. The van der Waals surface area contributed by atoms with E-state index in [1.54, 1.807) is 18.2 Å². The van der Waals surface area contributed by atoms with Crippen molar-refractivity contribution in [3.63, 3.8) is 0 Å². The number of hydrogen-bond acceptors (Lipinski definition) is 2. The van der Waals surface area contributed by atoms with Crippen LogP contribution in [0.3, 0.4) is 0 Å². The summed E-state index contributed by atoms with van der Waals surface area (Å²) in [6.45, 7) is 3.51. The zero-order valence-electron chi connectivity index (χ0n) is 12.5. The van der Waals surface area contributed by atoms with Gasteiger partial charge in [-0.3, -0.25) is 4.90 Å². The molecule has 0 aromatic heterocycles. The molecule has 1 aromatic carbocycles. The molecule has 0 amide bonds. The topological polar surface area (TPSA) is 15.3 Å². The summed E-state index contributed by atoms with van der Waals surface area (Å²) in [5.74, 6) is -2.76. The summed E-state index contributed by atoms with van der Waals surface area (Å²) in [6.07, 6.45) is 4.55. The van der Waals surface area contributed by atoms with Crippen LogP contribution in [0.1, 0.15) is 31.2 Å². The van der Waals surface area contributed by atoms with Crippen molar-refractivity contribution in [1.82, 2.24) is 10.2 Å². The number of rotatable bonds is 3. The molecule has 3 rings (SSSR count). The third-order valence-corrected chi connectivity index (χ3v) is 4.92. The maximum Gasteiger partial charge on any atom is 0.285 e. The highest BCUT2D eigenvalue weighted by atomic mass is 19.3. The Labute approximate surface area is 125 Å². The van der Waals surface area contributed by atoms with E-state index >= 15 is 0 Å². The van der Waals surface area contributed by atoms with E-state index in [0.717, 1.165) is 32.6 Å². The van der Waals surface area contributed by atoms with Crippen molar-refractivity contribution >= 4 is 0 Å². The molecule has 0 radical (unpaired) electrons. The molecule has 0 aliphatic carbocycles. The largest absolute Gasteiger partial charge is 0.316 e. The highest BCUT2D eigenvalue weighted by Crippen LogP contribution is 2.38. The van der Waals surface area contributed by atoms with Gasteiger partial charge >= 0.3 is 0 Å². The lowest BCUT2D eigenvalue weighted by molar-refractivity contribution is -0.0591. The predicted molar refractivity (Wildman–Crippen MR) is 80.5 cm³/mol. The normalized spacial score (nSPS) is 27.9. The summed E-state index contributed by atoms with van der Waals surface area (Å²) in [6, 6.07) is 8.21. The van der Waals surface area contributed by atoms with Crippen molar-refractivity contribution in [2.45, 2.75) is 31.6 Å². The molecular weight excluding hydrogens is 270 g/mol. The van der Waals surface area contributed by atoms with Crippen molar-refractivity contribution in [1.29, 1.82) is 0 Å². The molecule has 2 nitrogen and oxygen atoms in total. The van der Waals surface area contributed by atoms with Crippen molar-refractivity contribution in [3.8, 4) is 0 Å². The average molecular weight is 294 g/mol. The highest BCUT2D eigenvalue weighted by molar-refractivity contribution is 5.20. The van der Waals surface area contributed by atoms with Gasteiger partial charge in [-0.05, 0) is 44.2 Å². The van der Waals surface area contributed by atoms with Gasteiger partial charge in [-0.1, -0.05) is 30.3 Å². The van der Waals surface area contributed by atoms with Crippen LogP contribution in [0.4, 0.5) is 8.78 Å². The number of nitrogens with one attached hydrogen (secondary N) is 1. The molecule has 1 spiro atoms. The molecule has 2 heterocycles. The van der Waals surface area contributed by atoms with Crippen LogP contribution in [0.2, 0.25) is 0 Å². The SMILES string of the molecule is FC(F)(CN1CCCC2(CCCNC2)C1)c1ccccc1. The van der Waals surface area contributed by atoms with Gasteiger partial charge in [0.15, 0.2) is 0 Å². The Morgan fingerprint density at radius 3 is 2.62 bits per heavy atom. The molecule has 2 aliphatic heterocycles. The number of nitrogens with zero attached hydrogens (tertiary/aromatic N) is 1. The summed E-state index contributed by atoms with van der Waals surface area (Å²) < 4.78 is 28.9. The van der Waals surface area contributed by atoms with Crippen LogP contribution in [0.25, 0.3) is 0 Å². The Morgan fingerprint density at radius 1 is 1.14 bits per heavy atom. The standard InChI is InChI=1S/C17H24F2N2/c18-17(19,15-6-2-1-3-7-15)14-21-11-5-9-16(13-21)8-4-10-20-12-16/h1-3,6-7,20H,4-5,8-14H2. The van der Waals surface area contributed by atoms with Gasteiger partial charge in [0.2, 0.25) is 0 Å². The molecule has 116 valence electrons. The zero-order valence-corrected chi connectivity index (χ0v) is 12.5. The van der Waals surface area contributed by atoms with Crippen molar-refractivity contribution in [2.24, 2.45) is 5.41 Å². The minimum absolute atomic E-state index is 0.131. The molecule has 1 atom stereocenters. The van der Waals surface area contributed by atoms with E-state index in [1.165, 1.54) is 31.4 Å². The number of hydrogen-bond donors (Lipinski definition) is 1. The molecule has 1 N–H and O–H groups in total. The first-order valence-corrected chi connectivity index (χ1v) is 7.96.